The molecule has 0 fully saturated rings. The SMILES string of the molecule is CC(O)N(C(C)O)C(C)O.O=C(O)/C=C/C(=O)O. The maximum absolute atomic E-state index is 9.55. The first kappa shape index (κ1) is 18.9. The standard InChI is InChI=1S/C6H15NO3.C4H4O4/c1-4(8)7(5(2)9)6(3)10;5-3(6)1-2-4(7)8/h4-6,8-10H,1-3H3;1-2H,(H,5,6)(H,7,8)/b;2-1+. The van der Waals surface area contributed by atoms with Crippen LogP contribution in [0.25, 0.3) is 0 Å². The quantitative estimate of drug-likeness (QED) is 0.315. The molecule has 0 aromatic rings. The van der Waals surface area contributed by atoms with Crippen molar-refractivity contribution in [3.05, 3.63) is 12.2 Å². The van der Waals surface area contributed by atoms with Crippen molar-refractivity contribution in [2.45, 2.75) is 39.5 Å². The van der Waals surface area contributed by atoms with E-state index >= 15 is 0 Å². The van der Waals surface area contributed by atoms with Gasteiger partial charge in [-0.3, -0.25) is 0 Å². The van der Waals surface area contributed by atoms with Crippen molar-refractivity contribution in [1.29, 1.82) is 0 Å². The van der Waals surface area contributed by atoms with Gasteiger partial charge >= 0.3 is 11.9 Å². The zero-order chi connectivity index (χ0) is 14.9. The molecule has 0 heterocycles. The molecular formula is C10H19NO7. The molecule has 0 aliphatic rings. The number of rotatable bonds is 5. The minimum Gasteiger partial charge on any atom is -0.478 e. The Kier molecular flexibility index (Phi) is 10.0. The van der Waals surface area contributed by atoms with Gasteiger partial charge in [0.15, 0.2) is 0 Å². The van der Waals surface area contributed by atoms with E-state index in [1.165, 1.54) is 25.7 Å². The van der Waals surface area contributed by atoms with Crippen LogP contribution in [0.1, 0.15) is 20.8 Å². The highest BCUT2D eigenvalue weighted by Crippen LogP contribution is 2.04. The maximum Gasteiger partial charge on any atom is 0.328 e. The highest BCUT2D eigenvalue weighted by atomic mass is 16.4. The van der Waals surface area contributed by atoms with Crippen LogP contribution in [-0.4, -0.2) is 61.1 Å². The lowest BCUT2D eigenvalue weighted by atomic mass is 10.4. The van der Waals surface area contributed by atoms with E-state index < -0.39 is 30.6 Å². The molecule has 5 N–H and O–H groups in total. The lowest BCUT2D eigenvalue weighted by Crippen LogP contribution is -2.45. The van der Waals surface area contributed by atoms with Crippen LogP contribution >= 0.6 is 0 Å². The summed E-state index contributed by atoms with van der Waals surface area (Å²) in [5.74, 6) is -2.51. The highest BCUT2D eigenvalue weighted by molar-refractivity contribution is 5.89. The Morgan fingerprint density at radius 1 is 0.833 bits per heavy atom. The Morgan fingerprint density at radius 3 is 1.11 bits per heavy atom. The van der Waals surface area contributed by atoms with E-state index in [1.807, 2.05) is 0 Å². The fraction of sp³-hybridized carbons (Fsp3) is 0.600. The smallest absolute Gasteiger partial charge is 0.328 e. The van der Waals surface area contributed by atoms with Crippen LogP contribution in [0.5, 0.6) is 0 Å². The van der Waals surface area contributed by atoms with Crippen molar-refractivity contribution in [2.75, 3.05) is 0 Å². The zero-order valence-electron chi connectivity index (χ0n) is 10.4. The number of carbonyl (C=O) groups is 2. The number of aliphatic hydroxyl groups is 3. The predicted octanol–water partition coefficient (Wildman–Crippen LogP) is -0.985. The molecule has 0 rings (SSSR count). The molecule has 0 aromatic carbocycles. The first-order valence-electron chi connectivity index (χ1n) is 5.05. The first-order chi connectivity index (χ1) is 8.09. The van der Waals surface area contributed by atoms with E-state index in [0.29, 0.717) is 12.2 Å². The van der Waals surface area contributed by atoms with Crippen molar-refractivity contribution >= 4 is 11.9 Å². The fourth-order valence-electron chi connectivity index (χ4n) is 1.08. The van der Waals surface area contributed by atoms with E-state index in [9.17, 15) is 9.59 Å². The Labute approximate surface area is 104 Å². The minimum absolute atomic E-state index is 0.558. The molecule has 0 amide bonds. The topological polar surface area (TPSA) is 139 Å². The van der Waals surface area contributed by atoms with Gasteiger partial charge in [-0.05, 0) is 20.8 Å². The molecule has 8 nitrogen and oxygen atoms in total. The third kappa shape index (κ3) is 11.0. The maximum atomic E-state index is 9.55. The third-order valence-electron chi connectivity index (χ3n) is 1.66. The van der Waals surface area contributed by atoms with Gasteiger partial charge in [0.1, 0.15) is 18.7 Å². The lowest BCUT2D eigenvalue weighted by Gasteiger charge is -2.30. The summed E-state index contributed by atoms with van der Waals surface area (Å²) < 4.78 is 0. The number of hydrogen-bond acceptors (Lipinski definition) is 6. The summed E-state index contributed by atoms with van der Waals surface area (Å²) in [5, 5.41) is 42.5. The van der Waals surface area contributed by atoms with E-state index in [-0.39, 0.29) is 0 Å². The molecule has 0 saturated heterocycles. The van der Waals surface area contributed by atoms with Crippen LogP contribution in [-0.2, 0) is 9.59 Å². The van der Waals surface area contributed by atoms with Gasteiger partial charge in [0.05, 0.1) is 0 Å². The van der Waals surface area contributed by atoms with Gasteiger partial charge in [0.2, 0.25) is 0 Å². The lowest BCUT2D eigenvalue weighted by molar-refractivity contribution is -0.159. The molecule has 3 unspecified atom stereocenters. The molecule has 0 radical (unpaired) electrons. The molecular weight excluding hydrogens is 246 g/mol. The molecule has 18 heavy (non-hydrogen) atoms. The molecule has 0 aliphatic carbocycles. The van der Waals surface area contributed by atoms with Crippen molar-refractivity contribution in [2.24, 2.45) is 0 Å². The second kappa shape index (κ2) is 9.54. The number of aliphatic hydroxyl groups excluding tert-OH is 3. The van der Waals surface area contributed by atoms with E-state index in [1.54, 1.807) is 0 Å². The predicted molar refractivity (Wildman–Crippen MR) is 61.3 cm³/mol. The fourth-order valence-corrected chi connectivity index (χ4v) is 1.08. The first-order valence-corrected chi connectivity index (χ1v) is 5.05. The average Bonchev–Trinajstić information content (AvgIpc) is 2.13. The van der Waals surface area contributed by atoms with Crippen LogP contribution in [0, 0.1) is 0 Å². The monoisotopic (exact) mass is 265 g/mol. The zero-order valence-corrected chi connectivity index (χ0v) is 10.4. The molecule has 0 saturated carbocycles. The van der Waals surface area contributed by atoms with Crippen molar-refractivity contribution in [3.63, 3.8) is 0 Å². The number of carboxylic acid groups (broad SMARTS) is 2. The van der Waals surface area contributed by atoms with Crippen molar-refractivity contribution in [1.82, 2.24) is 4.90 Å². The summed E-state index contributed by atoms with van der Waals surface area (Å²) in [5.41, 5.74) is 0. The van der Waals surface area contributed by atoms with Gasteiger partial charge in [0.25, 0.3) is 0 Å². The van der Waals surface area contributed by atoms with Gasteiger partial charge in [-0.1, -0.05) is 0 Å². The van der Waals surface area contributed by atoms with Crippen molar-refractivity contribution in [3.8, 4) is 0 Å². The molecule has 3 atom stereocenters. The summed E-state index contributed by atoms with van der Waals surface area (Å²) in [6, 6.07) is 0. The summed E-state index contributed by atoms with van der Waals surface area (Å²) in [6.07, 6.45) is -1.38. The Bertz CT molecular complexity index is 251. The number of nitrogens with zero attached hydrogens (tertiary/aromatic N) is 1. The van der Waals surface area contributed by atoms with Crippen molar-refractivity contribution < 1.29 is 35.1 Å². The van der Waals surface area contributed by atoms with E-state index in [4.69, 9.17) is 25.5 Å². The summed E-state index contributed by atoms with van der Waals surface area (Å²) in [7, 11) is 0. The second-order valence-electron chi connectivity index (χ2n) is 3.35. The molecule has 0 aromatic heterocycles. The average molecular weight is 265 g/mol. The number of aliphatic carboxylic acids is 2. The van der Waals surface area contributed by atoms with Crippen LogP contribution in [0.3, 0.4) is 0 Å². The van der Waals surface area contributed by atoms with Gasteiger partial charge in [0, 0.05) is 12.2 Å². The minimum atomic E-state index is -1.26. The molecule has 0 spiro atoms. The van der Waals surface area contributed by atoms with Gasteiger partial charge in [-0.2, -0.15) is 0 Å². The highest BCUT2D eigenvalue weighted by Gasteiger charge is 2.20. The molecule has 8 heteroatoms. The van der Waals surface area contributed by atoms with E-state index in [2.05, 4.69) is 0 Å². The Balaban J connectivity index is 0. The normalized spacial score (nSPS) is 15.7. The summed E-state index contributed by atoms with van der Waals surface area (Å²) in [4.78, 5) is 20.3. The summed E-state index contributed by atoms with van der Waals surface area (Å²) in [6.45, 7) is 4.46. The van der Waals surface area contributed by atoms with Crippen LogP contribution < -0.4 is 0 Å². The van der Waals surface area contributed by atoms with Gasteiger partial charge in [-0.15, -0.1) is 0 Å². The van der Waals surface area contributed by atoms with E-state index in [0.717, 1.165) is 0 Å². The van der Waals surface area contributed by atoms with Crippen LogP contribution in [0.15, 0.2) is 12.2 Å². The number of hydrogen-bond donors (Lipinski definition) is 5. The van der Waals surface area contributed by atoms with Gasteiger partial charge < -0.3 is 25.5 Å². The third-order valence-corrected chi connectivity index (χ3v) is 1.66. The molecule has 0 bridgehead atoms. The molecule has 0 aliphatic heterocycles. The van der Waals surface area contributed by atoms with Crippen LogP contribution in [0.4, 0.5) is 0 Å². The Morgan fingerprint density at radius 2 is 1.06 bits per heavy atom. The number of carboxylic acids is 2. The molecule has 106 valence electrons. The summed E-state index contributed by atoms with van der Waals surface area (Å²) >= 11 is 0. The van der Waals surface area contributed by atoms with Gasteiger partial charge in [-0.25, -0.2) is 14.5 Å². The second-order valence-corrected chi connectivity index (χ2v) is 3.35. The largest absolute Gasteiger partial charge is 0.478 e. The Hall–Kier alpha value is -1.48. The van der Waals surface area contributed by atoms with Crippen LogP contribution in [0.2, 0.25) is 0 Å².